The molecule has 1 atom stereocenters. The summed E-state index contributed by atoms with van der Waals surface area (Å²) in [5, 5.41) is -0.0301. The van der Waals surface area contributed by atoms with Gasteiger partial charge in [-0.15, -0.1) is 0 Å². The quantitative estimate of drug-likeness (QED) is 0.715. The Morgan fingerprint density at radius 2 is 2.15 bits per heavy atom. The normalized spacial score (nSPS) is 23.6. The van der Waals surface area contributed by atoms with E-state index in [1.165, 1.54) is 11.8 Å². The summed E-state index contributed by atoms with van der Waals surface area (Å²) < 4.78 is 5.87. The molecule has 0 N–H and O–H groups in total. The number of carbonyl (C=O) groups is 2. The highest BCUT2D eigenvalue weighted by atomic mass is 32.2. The van der Waals surface area contributed by atoms with E-state index >= 15 is 0 Å². The predicted octanol–water partition coefficient (Wildman–Crippen LogP) is 1.26. The zero-order valence-corrected chi connectivity index (χ0v) is 13.3. The van der Waals surface area contributed by atoms with Crippen molar-refractivity contribution in [1.82, 2.24) is 9.80 Å². The zero-order chi connectivity index (χ0) is 14.5. The van der Waals surface area contributed by atoms with Crippen molar-refractivity contribution in [2.45, 2.75) is 31.4 Å². The molecule has 2 aliphatic rings. The van der Waals surface area contributed by atoms with Gasteiger partial charge in [-0.05, 0) is 12.8 Å². The van der Waals surface area contributed by atoms with Crippen LogP contribution in [0.4, 0.5) is 0 Å². The smallest absolute Gasteiger partial charge is 0.241 e. The van der Waals surface area contributed by atoms with Crippen molar-refractivity contribution < 1.29 is 14.3 Å². The van der Waals surface area contributed by atoms with E-state index in [0.29, 0.717) is 50.0 Å². The van der Waals surface area contributed by atoms with Gasteiger partial charge in [0.05, 0.1) is 18.5 Å². The maximum Gasteiger partial charge on any atom is 0.241 e. The third-order valence-electron chi connectivity index (χ3n) is 3.51. The van der Waals surface area contributed by atoms with Crippen LogP contribution >= 0.6 is 24.0 Å². The number of thiocarbonyl (C=S) groups is 1. The molecule has 0 aromatic rings. The van der Waals surface area contributed by atoms with Gasteiger partial charge in [-0.2, -0.15) is 0 Å². The molecule has 2 rings (SSSR count). The summed E-state index contributed by atoms with van der Waals surface area (Å²) in [7, 11) is 0. The largest absolute Gasteiger partial charge is 0.378 e. The lowest BCUT2D eigenvalue weighted by atomic mass is 10.2. The number of hydrogen-bond acceptors (Lipinski definition) is 5. The van der Waals surface area contributed by atoms with Crippen molar-refractivity contribution >= 4 is 40.1 Å². The molecular weight excluding hydrogens is 296 g/mol. The Balaban J connectivity index is 1.74. The second-order valence-corrected chi connectivity index (χ2v) is 6.70. The summed E-state index contributed by atoms with van der Waals surface area (Å²) in [5.41, 5.74) is 0. The number of rotatable bonds is 5. The number of amides is 2. The molecule has 1 unspecified atom stereocenters. The van der Waals surface area contributed by atoms with Gasteiger partial charge in [0.15, 0.2) is 0 Å². The van der Waals surface area contributed by atoms with Crippen LogP contribution in [0, 0.1) is 0 Å². The van der Waals surface area contributed by atoms with E-state index in [2.05, 4.69) is 0 Å². The van der Waals surface area contributed by atoms with Crippen LogP contribution in [0.25, 0.3) is 0 Å². The van der Waals surface area contributed by atoms with Crippen LogP contribution in [0.2, 0.25) is 0 Å². The van der Waals surface area contributed by atoms with Crippen LogP contribution < -0.4 is 0 Å². The van der Waals surface area contributed by atoms with Crippen LogP contribution in [-0.4, -0.2) is 64.0 Å². The first-order valence-electron chi connectivity index (χ1n) is 7.01. The molecule has 112 valence electrons. The lowest BCUT2D eigenvalue weighted by Gasteiger charge is -2.27. The summed E-state index contributed by atoms with van der Waals surface area (Å²) in [5.74, 6) is 0.242. The minimum atomic E-state index is -0.0301. The van der Waals surface area contributed by atoms with Gasteiger partial charge in [-0.25, -0.2) is 0 Å². The highest BCUT2D eigenvalue weighted by Crippen LogP contribution is 2.29. The molecule has 2 heterocycles. The summed E-state index contributed by atoms with van der Waals surface area (Å²) in [6, 6.07) is 0. The number of nitrogens with zero attached hydrogens (tertiary/aromatic N) is 2. The van der Waals surface area contributed by atoms with Gasteiger partial charge in [-0.1, -0.05) is 30.9 Å². The van der Waals surface area contributed by atoms with Gasteiger partial charge >= 0.3 is 0 Å². The van der Waals surface area contributed by atoms with E-state index in [0.717, 1.165) is 6.42 Å². The molecule has 5 nitrogen and oxygen atoms in total. The molecule has 7 heteroatoms. The Hall–Kier alpha value is -0.660. The highest BCUT2D eigenvalue weighted by molar-refractivity contribution is 8.24. The molecule has 0 aromatic carbocycles. The topological polar surface area (TPSA) is 49.9 Å². The molecule has 2 saturated heterocycles. The third kappa shape index (κ3) is 3.71. The van der Waals surface area contributed by atoms with Crippen molar-refractivity contribution in [2.75, 3.05) is 32.8 Å². The molecule has 0 bridgehead atoms. The molecular formula is C13H20N2O3S2. The van der Waals surface area contributed by atoms with Crippen molar-refractivity contribution in [3.05, 3.63) is 0 Å². The fourth-order valence-corrected chi connectivity index (χ4v) is 3.79. The van der Waals surface area contributed by atoms with Crippen molar-refractivity contribution in [2.24, 2.45) is 0 Å². The molecule has 0 aromatic heterocycles. The van der Waals surface area contributed by atoms with Crippen molar-refractivity contribution in [3.8, 4) is 0 Å². The lowest BCUT2D eigenvalue weighted by molar-refractivity contribution is -0.135. The Bertz CT molecular complexity index is 397. The average molecular weight is 316 g/mol. The summed E-state index contributed by atoms with van der Waals surface area (Å²) in [6.45, 7) is 5.13. The summed E-state index contributed by atoms with van der Waals surface area (Å²) in [6.07, 6.45) is 1.93. The Morgan fingerprint density at radius 3 is 2.75 bits per heavy atom. The van der Waals surface area contributed by atoms with Gasteiger partial charge in [0.2, 0.25) is 11.8 Å². The molecule has 0 spiro atoms. The predicted molar refractivity (Wildman–Crippen MR) is 82.6 cm³/mol. The monoisotopic (exact) mass is 316 g/mol. The molecule has 2 amide bonds. The highest BCUT2D eigenvalue weighted by Gasteiger charge is 2.35. The van der Waals surface area contributed by atoms with Crippen molar-refractivity contribution in [3.63, 3.8) is 0 Å². The molecule has 0 aliphatic carbocycles. The van der Waals surface area contributed by atoms with E-state index in [-0.39, 0.29) is 17.1 Å². The van der Waals surface area contributed by atoms with Gasteiger partial charge in [-0.3, -0.25) is 14.5 Å². The average Bonchev–Trinajstić information content (AvgIpc) is 2.75. The van der Waals surface area contributed by atoms with E-state index in [1.54, 1.807) is 4.90 Å². The van der Waals surface area contributed by atoms with Gasteiger partial charge in [0, 0.05) is 26.1 Å². The molecule has 2 fully saturated rings. The second kappa shape index (κ2) is 7.38. The first-order valence-corrected chi connectivity index (χ1v) is 8.29. The minimum Gasteiger partial charge on any atom is -0.378 e. The first-order chi connectivity index (χ1) is 9.63. The second-order valence-electron chi connectivity index (χ2n) is 4.87. The van der Waals surface area contributed by atoms with E-state index in [9.17, 15) is 9.59 Å². The van der Waals surface area contributed by atoms with Gasteiger partial charge in [0.25, 0.3) is 0 Å². The molecule has 20 heavy (non-hydrogen) atoms. The van der Waals surface area contributed by atoms with Crippen LogP contribution in [0.1, 0.15) is 26.2 Å². The number of morpholine rings is 1. The zero-order valence-electron chi connectivity index (χ0n) is 11.7. The fraction of sp³-hybridized carbons (Fsp3) is 0.769. The molecule has 0 saturated carbocycles. The maximum absolute atomic E-state index is 12.0. The standard InChI is InChI=1S/C13H20N2O3S2/c1-2-10-12(17)15(13(19)20-10)5-3-4-11(16)14-6-8-18-9-7-14/h10H,2-9H2,1H3. The van der Waals surface area contributed by atoms with Crippen LogP contribution in [0.15, 0.2) is 0 Å². The Labute approximate surface area is 129 Å². The Morgan fingerprint density at radius 1 is 1.45 bits per heavy atom. The SMILES string of the molecule is CCC1SC(=S)N(CCCC(=O)N2CCOCC2)C1=O. The van der Waals surface area contributed by atoms with E-state index in [1.807, 2.05) is 11.8 Å². The number of carbonyl (C=O) groups excluding carboxylic acids is 2. The molecule has 2 aliphatic heterocycles. The minimum absolute atomic E-state index is 0.0301. The van der Waals surface area contributed by atoms with E-state index < -0.39 is 0 Å². The molecule has 0 radical (unpaired) electrons. The van der Waals surface area contributed by atoms with E-state index in [4.69, 9.17) is 17.0 Å². The maximum atomic E-state index is 12.0. The first kappa shape index (κ1) is 15.7. The fourth-order valence-electron chi connectivity index (χ4n) is 2.32. The van der Waals surface area contributed by atoms with Crippen LogP contribution in [-0.2, 0) is 14.3 Å². The number of hydrogen-bond donors (Lipinski definition) is 0. The summed E-state index contributed by atoms with van der Waals surface area (Å²) >= 11 is 6.69. The van der Waals surface area contributed by atoms with Gasteiger partial charge in [0.1, 0.15) is 4.32 Å². The number of ether oxygens (including phenoxy) is 1. The third-order valence-corrected chi connectivity index (χ3v) is 5.26. The lowest BCUT2D eigenvalue weighted by Crippen LogP contribution is -2.41. The summed E-state index contributed by atoms with van der Waals surface area (Å²) in [4.78, 5) is 27.5. The van der Waals surface area contributed by atoms with Gasteiger partial charge < -0.3 is 9.64 Å². The number of thioether (sulfide) groups is 1. The van der Waals surface area contributed by atoms with Crippen LogP contribution in [0.3, 0.4) is 0 Å². The van der Waals surface area contributed by atoms with Crippen molar-refractivity contribution in [1.29, 1.82) is 0 Å². The Kier molecular flexibility index (Phi) is 5.80. The van der Waals surface area contributed by atoms with Crippen LogP contribution in [0.5, 0.6) is 0 Å².